The largest absolute Gasteiger partial charge is 0.375 e. The van der Waals surface area contributed by atoms with Crippen LogP contribution in [0.2, 0.25) is 0 Å². The van der Waals surface area contributed by atoms with Gasteiger partial charge in [-0.25, -0.2) is 13.8 Å². The Hall–Kier alpha value is -2.84. The lowest BCUT2D eigenvalue weighted by molar-refractivity contribution is 0.0284. The molecule has 28 heavy (non-hydrogen) atoms. The number of hydrogen-bond acceptors (Lipinski definition) is 4. The SMILES string of the molecule is Cc1ccn2c(C[C@H]3CNCCO3)c(C(=O)Nc3cc(F)cc(F)c3)nc2c1. The molecule has 1 aliphatic rings. The third-order valence-corrected chi connectivity index (χ3v) is 4.64. The summed E-state index contributed by atoms with van der Waals surface area (Å²) in [5.74, 6) is -2.05. The summed E-state index contributed by atoms with van der Waals surface area (Å²) >= 11 is 0. The number of morpholine rings is 1. The molecule has 0 bridgehead atoms. The van der Waals surface area contributed by atoms with Crippen LogP contribution < -0.4 is 10.6 Å². The lowest BCUT2D eigenvalue weighted by Crippen LogP contribution is -2.40. The van der Waals surface area contributed by atoms with Crippen molar-refractivity contribution in [3.8, 4) is 0 Å². The predicted octanol–water partition coefficient (Wildman–Crippen LogP) is 2.70. The zero-order chi connectivity index (χ0) is 19.7. The minimum atomic E-state index is -0.761. The van der Waals surface area contributed by atoms with E-state index in [9.17, 15) is 13.6 Å². The number of halogens is 2. The minimum Gasteiger partial charge on any atom is -0.375 e. The van der Waals surface area contributed by atoms with E-state index in [4.69, 9.17) is 4.74 Å². The number of rotatable bonds is 4. The molecule has 0 spiro atoms. The molecule has 4 rings (SSSR count). The van der Waals surface area contributed by atoms with Gasteiger partial charge in [-0.1, -0.05) is 0 Å². The number of aromatic nitrogens is 2. The molecule has 2 aromatic heterocycles. The fraction of sp³-hybridized carbons (Fsp3) is 0.300. The van der Waals surface area contributed by atoms with Gasteiger partial charge in [-0.3, -0.25) is 4.79 Å². The maximum atomic E-state index is 13.4. The summed E-state index contributed by atoms with van der Waals surface area (Å²) in [6.45, 7) is 4.01. The number of fused-ring (bicyclic) bond motifs is 1. The van der Waals surface area contributed by atoms with Crippen LogP contribution in [0.1, 0.15) is 21.7 Å². The van der Waals surface area contributed by atoms with Crippen LogP contribution in [0.25, 0.3) is 5.65 Å². The standard InChI is InChI=1S/C20H20F2N4O2/c1-12-2-4-26-17(10-16-11-23-3-5-28-16)19(25-18(26)6-12)20(27)24-15-8-13(21)7-14(22)9-15/h2,4,6-9,16,23H,3,5,10-11H2,1H3,(H,24,27)/t16-/m0/s1. The summed E-state index contributed by atoms with van der Waals surface area (Å²) in [6, 6.07) is 6.69. The van der Waals surface area contributed by atoms with E-state index in [0.717, 1.165) is 30.3 Å². The lowest BCUT2D eigenvalue weighted by Gasteiger charge is -2.23. The fourth-order valence-electron chi connectivity index (χ4n) is 3.36. The van der Waals surface area contributed by atoms with Crippen molar-refractivity contribution in [2.75, 3.05) is 25.0 Å². The van der Waals surface area contributed by atoms with Crippen molar-refractivity contribution in [2.24, 2.45) is 0 Å². The number of hydrogen-bond donors (Lipinski definition) is 2. The van der Waals surface area contributed by atoms with E-state index in [1.165, 1.54) is 0 Å². The van der Waals surface area contributed by atoms with Crippen LogP contribution >= 0.6 is 0 Å². The zero-order valence-corrected chi connectivity index (χ0v) is 15.3. The van der Waals surface area contributed by atoms with Crippen LogP contribution in [-0.4, -0.2) is 41.1 Å². The maximum Gasteiger partial charge on any atom is 0.276 e. The zero-order valence-electron chi connectivity index (χ0n) is 15.3. The molecule has 0 saturated carbocycles. The highest BCUT2D eigenvalue weighted by molar-refractivity contribution is 6.04. The Balaban J connectivity index is 1.69. The van der Waals surface area contributed by atoms with Gasteiger partial charge in [-0.05, 0) is 36.8 Å². The van der Waals surface area contributed by atoms with E-state index in [1.807, 2.05) is 29.7 Å². The number of ether oxygens (including phenoxy) is 1. The molecular formula is C20H20F2N4O2. The molecule has 2 N–H and O–H groups in total. The van der Waals surface area contributed by atoms with Crippen molar-refractivity contribution in [2.45, 2.75) is 19.4 Å². The fourth-order valence-corrected chi connectivity index (χ4v) is 3.36. The summed E-state index contributed by atoms with van der Waals surface area (Å²) in [5, 5.41) is 5.81. The van der Waals surface area contributed by atoms with Crippen LogP contribution in [-0.2, 0) is 11.2 Å². The molecule has 3 heterocycles. The second-order valence-electron chi connectivity index (χ2n) is 6.85. The van der Waals surface area contributed by atoms with Crippen molar-refractivity contribution in [3.63, 3.8) is 0 Å². The van der Waals surface area contributed by atoms with Crippen LogP contribution in [0.15, 0.2) is 36.5 Å². The third kappa shape index (κ3) is 3.88. The third-order valence-electron chi connectivity index (χ3n) is 4.64. The monoisotopic (exact) mass is 386 g/mol. The molecule has 8 heteroatoms. The maximum absolute atomic E-state index is 13.4. The highest BCUT2D eigenvalue weighted by atomic mass is 19.1. The number of nitrogens with one attached hydrogen (secondary N) is 2. The van der Waals surface area contributed by atoms with Gasteiger partial charge in [0.15, 0.2) is 5.69 Å². The average Bonchev–Trinajstić information content (AvgIpc) is 2.99. The Morgan fingerprint density at radius 3 is 2.82 bits per heavy atom. The predicted molar refractivity (Wildman–Crippen MR) is 101 cm³/mol. The van der Waals surface area contributed by atoms with E-state index in [0.29, 0.717) is 30.9 Å². The highest BCUT2D eigenvalue weighted by Gasteiger charge is 2.24. The number of aryl methyl sites for hydroxylation is 1. The summed E-state index contributed by atoms with van der Waals surface area (Å²) < 4.78 is 34.5. The van der Waals surface area contributed by atoms with E-state index >= 15 is 0 Å². The number of benzene rings is 1. The van der Waals surface area contributed by atoms with Gasteiger partial charge >= 0.3 is 0 Å². The second-order valence-corrected chi connectivity index (χ2v) is 6.85. The van der Waals surface area contributed by atoms with Gasteiger partial charge in [0.25, 0.3) is 5.91 Å². The van der Waals surface area contributed by atoms with E-state index < -0.39 is 17.5 Å². The molecule has 1 aliphatic heterocycles. The number of pyridine rings is 1. The smallest absolute Gasteiger partial charge is 0.276 e. The Kier molecular flexibility index (Phi) is 5.06. The molecule has 1 fully saturated rings. The van der Waals surface area contributed by atoms with Gasteiger partial charge in [-0.15, -0.1) is 0 Å². The Labute approximate surface area is 160 Å². The molecule has 3 aromatic rings. The summed E-state index contributed by atoms with van der Waals surface area (Å²) in [6.07, 6.45) is 2.26. The first-order valence-electron chi connectivity index (χ1n) is 9.07. The quantitative estimate of drug-likeness (QED) is 0.724. The number of amides is 1. The van der Waals surface area contributed by atoms with Crippen LogP contribution in [0.3, 0.4) is 0 Å². The van der Waals surface area contributed by atoms with E-state index in [-0.39, 0.29) is 17.5 Å². The average molecular weight is 386 g/mol. The summed E-state index contributed by atoms with van der Waals surface area (Å²) in [7, 11) is 0. The van der Waals surface area contributed by atoms with Crippen LogP contribution in [0, 0.1) is 18.6 Å². The Morgan fingerprint density at radius 1 is 1.32 bits per heavy atom. The Bertz CT molecular complexity index is 1010. The van der Waals surface area contributed by atoms with Crippen molar-refractivity contribution in [1.82, 2.24) is 14.7 Å². The summed E-state index contributed by atoms with van der Waals surface area (Å²) in [5.41, 5.74) is 2.59. The number of imidazole rings is 1. The molecule has 6 nitrogen and oxygen atoms in total. The molecule has 1 amide bonds. The second kappa shape index (κ2) is 7.65. The number of carbonyl (C=O) groups excluding carboxylic acids is 1. The van der Waals surface area contributed by atoms with Gasteiger partial charge in [0.1, 0.15) is 17.3 Å². The number of carbonyl (C=O) groups is 1. The normalized spacial score (nSPS) is 17.0. The minimum absolute atomic E-state index is 0.0391. The van der Waals surface area contributed by atoms with Gasteiger partial charge in [0.05, 0.1) is 18.4 Å². The Morgan fingerprint density at radius 2 is 2.11 bits per heavy atom. The van der Waals surface area contributed by atoms with E-state index in [1.54, 1.807) is 0 Å². The van der Waals surface area contributed by atoms with Crippen LogP contribution in [0.5, 0.6) is 0 Å². The van der Waals surface area contributed by atoms with Crippen molar-refractivity contribution in [3.05, 3.63) is 65.1 Å². The molecule has 146 valence electrons. The number of nitrogens with zero attached hydrogens (tertiary/aromatic N) is 2. The molecule has 1 atom stereocenters. The molecule has 1 aromatic carbocycles. The van der Waals surface area contributed by atoms with Crippen LogP contribution in [0.4, 0.5) is 14.5 Å². The van der Waals surface area contributed by atoms with Gasteiger partial charge < -0.3 is 19.8 Å². The highest BCUT2D eigenvalue weighted by Crippen LogP contribution is 2.20. The molecule has 0 unspecified atom stereocenters. The first-order chi connectivity index (χ1) is 13.5. The lowest BCUT2D eigenvalue weighted by atomic mass is 10.1. The molecular weight excluding hydrogens is 366 g/mol. The topological polar surface area (TPSA) is 67.7 Å². The molecule has 0 radical (unpaired) electrons. The first-order valence-corrected chi connectivity index (χ1v) is 9.07. The van der Waals surface area contributed by atoms with Gasteiger partial charge in [-0.2, -0.15) is 0 Å². The first kappa shape index (κ1) is 18.5. The summed E-state index contributed by atoms with van der Waals surface area (Å²) in [4.78, 5) is 17.3. The van der Waals surface area contributed by atoms with Gasteiger partial charge in [0, 0.05) is 37.5 Å². The van der Waals surface area contributed by atoms with E-state index in [2.05, 4.69) is 15.6 Å². The van der Waals surface area contributed by atoms with Crippen molar-refractivity contribution >= 4 is 17.2 Å². The number of anilines is 1. The van der Waals surface area contributed by atoms with Crippen molar-refractivity contribution < 1.29 is 18.3 Å². The van der Waals surface area contributed by atoms with Crippen molar-refractivity contribution in [1.29, 1.82) is 0 Å². The molecule has 0 aliphatic carbocycles. The van der Waals surface area contributed by atoms with Gasteiger partial charge in [0.2, 0.25) is 0 Å². The molecule has 1 saturated heterocycles.